The molecule has 0 aliphatic heterocycles. The summed E-state index contributed by atoms with van der Waals surface area (Å²) in [6.45, 7) is 4.59. The maximum absolute atomic E-state index is 2.51. The van der Waals surface area contributed by atoms with Crippen LogP contribution in [0.1, 0.15) is 101 Å². The molecule has 1 aliphatic rings. The van der Waals surface area contributed by atoms with Crippen molar-refractivity contribution in [2.45, 2.75) is 104 Å². The Balaban J connectivity index is 1.28. The number of unbranched alkanes of at least 4 members (excludes halogenated alkanes) is 10. The molecular formula is C32H40S2. The molecule has 2 aromatic heterocycles. The monoisotopic (exact) mass is 488 g/mol. The second-order valence-electron chi connectivity index (χ2n) is 10.3. The first-order chi connectivity index (χ1) is 16.8. The molecule has 0 spiro atoms. The molecule has 180 valence electrons. The molecule has 0 saturated carbocycles. The van der Waals surface area contributed by atoms with E-state index in [2.05, 4.69) is 50.2 Å². The summed E-state index contributed by atoms with van der Waals surface area (Å²) in [5, 5.41) is 3.00. The van der Waals surface area contributed by atoms with Gasteiger partial charge in [-0.2, -0.15) is 0 Å². The molecule has 0 nitrogen and oxygen atoms in total. The average molecular weight is 489 g/mol. The van der Waals surface area contributed by atoms with Gasteiger partial charge in [-0.25, -0.2) is 0 Å². The highest BCUT2D eigenvalue weighted by Crippen LogP contribution is 2.55. The van der Waals surface area contributed by atoms with Crippen LogP contribution in [-0.4, -0.2) is 0 Å². The van der Waals surface area contributed by atoms with Gasteiger partial charge in [-0.3, -0.25) is 0 Å². The van der Waals surface area contributed by atoms with Crippen LogP contribution < -0.4 is 0 Å². The molecule has 34 heavy (non-hydrogen) atoms. The van der Waals surface area contributed by atoms with Gasteiger partial charge in [0.15, 0.2) is 0 Å². The predicted octanol–water partition coefficient (Wildman–Crippen LogP) is 11.6. The van der Waals surface area contributed by atoms with E-state index >= 15 is 0 Å². The van der Waals surface area contributed by atoms with Gasteiger partial charge < -0.3 is 0 Å². The van der Waals surface area contributed by atoms with Gasteiger partial charge in [-0.1, -0.05) is 90.2 Å². The molecule has 4 aromatic rings. The number of hydrogen-bond acceptors (Lipinski definition) is 2. The lowest BCUT2D eigenvalue weighted by Gasteiger charge is -2.25. The van der Waals surface area contributed by atoms with E-state index in [9.17, 15) is 0 Å². The van der Waals surface area contributed by atoms with Crippen LogP contribution in [0.5, 0.6) is 0 Å². The molecule has 0 amide bonds. The highest BCUT2D eigenvalue weighted by Gasteiger charge is 2.28. The van der Waals surface area contributed by atoms with Gasteiger partial charge in [-0.15, -0.1) is 22.7 Å². The van der Waals surface area contributed by atoms with Crippen LogP contribution in [0.4, 0.5) is 0 Å². The Kier molecular flexibility index (Phi) is 8.07. The van der Waals surface area contributed by atoms with E-state index in [0.717, 1.165) is 0 Å². The number of benzene rings is 2. The van der Waals surface area contributed by atoms with Crippen LogP contribution in [0.25, 0.3) is 42.4 Å². The van der Waals surface area contributed by atoms with Crippen LogP contribution in [-0.2, 0) is 12.8 Å². The molecular weight excluding hydrogens is 448 g/mol. The molecule has 2 heterocycles. The lowest BCUT2D eigenvalue weighted by molar-refractivity contribution is 0.609. The van der Waals surface area contributed by atoms with Crippen molar-refractivity contribution in [3.05, 3.63) is 46.2 Å². The van der Waals surface area contributed by atoms with E-state index in [1.165, 1.54) is 132 Å². The fourth-order valence-electron chi connectivity index (χ4n) is 5.67. The van der Waals surface area contributed by atoms with Crippen molar-refractivity contribution in [3.63, 3.8) is 0 Å². The summed E-state index contributed by atoms with van der Waals surface area (Å²) in [4.78, 5) is 3.15. The highest BCUT2D eigenvalue weighted by molar-refractivity contribution is 7.19. The highest BCUT2D eigenvalue weighted by atomic mass is 32.1. The van der Waals surface area contributed by atoms with Crippen LogP contribution in [0.3, 0.4) is 0 Å². The zero-order valence-electron chi connectivity index (χ0n) is 21.2. The first-order valence-corrected chi connectivity index (χ1v) is 15.5. The van der Waals surface area contributed by atoms with Gasteiger partial charge in [0.1, 0.15) is 0 Å². The van der Waals surface area contributed by atoms with Crippen LogP contribution in [0.2, 0.25) is 0 Å². The fourth-order valence-corrected chi connectivity index (χ4v) is 7.89. The lowest BCUT2D eigenvalue weighted by Crippen LogP contribution is -1.99. The molecule has 0 saturated heterocycles. The third-order valence-corrected chi connectivity index (χ3v) is 9.92. The van der Waals surface area contributed by atoms with Crippen LogP contribution >= 0.6 is 22.7 Å². The van der Waals surface area contributed by atoms with Crippen molar-refractivity contribution in [2.24, 2.45) is 0 Å². The first-order valence-electron chi connectivity index (χ1n) is 13.9. The summed E-state index contributed by atoms with van der Waals surface area (Å²) in [6.07, 6.45) is 19.0. The van der Waals surface area contributed by atoms with E-state index in [4.69, 9.17) is 0 Å². The fraction of sp³-hybridized carbons (Fsp3) is 0.500. The molecule has 2 aromatic carbocycles. The minimum absolute atomic E-state index is 1.25. The number of hydrogen-bond donors (Lipinski definition) is 0. The van der Waals surface area contributed by atoms with E-state index in [-0.39, 0.29) is 0 Å². The summed E-state index contributed by atoms with van der Waals surface area (Å²) in [7, 11) is 0. The van der Waals surface area contributed by atoms with Gasteiger partial charge in [0.05, 0.1) is 0 Å². The van der Waals surface area contributed by atoms with Gasteiger partial charge in [-0.05, 0) is 72.2 Å². The molecule has 0 radical (unpaired) electrons. The van der Waals surface area contributed by atoms with Crippen molar-refractivity contribution in [2.75, 3.05) is 0 Å². The summed E-state index contributed by atoms with van der Waals surface area (Å²) in [5.41, 5.74) is 6.01. The van der Waals surface area contributed by atoms with Gasteiger partial charge in [0.25, 0.3) is 0 Å². The summed E-state index contributed by atoms with van der Waals surface area (Å²) in [5.74, 6) is 0. The molecule has 2 heteroatoms. The Hall–Kier alpha value is -1.64. The van der Waals surface area contributed by atoms with E-state index in [1.807, 2.05) is 22.7 Å². The summed E-state index contributed by atoms with van der Waals surface area (Å²) >= 11 is 4.05. The molecule has 0 atom stereocenters. The van der Waals surface area contributed by atoms with Gasteiger partial charge in [0.2, 0.25) is 0 Å². The van der Waals surface area contributed by atoms with E-state index < -0.39 is 0 Å². The molecule has 0 fully saturated rings. The molecule has 0 unspecified atom stereocenters. The van der Waals surface area contributed by atoms with Crippen molar-refractivity contribution in [1.29, 1.82) is 0 Å². The maximum atomic E-state index is 2.51. The standard InChI is InChI=1S/C32H40S2/c1-3-5-7-9-11-13-15-23-21-27-29(33-23)19-17-25-31(27)26-18-20-30-28(32(25)26)22-24(34-30)16-14-12-10-8-6-4-2/h17-22H,3-16H2,1-2H3. The Morgan fingerprint density at radius 3 is 1.35 bits per heavy atom. The SMILES string of the molecule is CCCCCCCCc1cc2c3c(ccc2s1)-c1c-3ccc2sc(CCCCCCCC)cc12. The van der Waals surface area contributed by atoms with Crippen LogP contribution in [0, 0.1) is 0 Å². The molecule has 0 N–H and O–H groups in total. The number of aryl methyl sites for hydroxylation is 2. The third-order valence-electron chi connectivity index (χ3n) is 7.60. The Bertz CT molecular complexity index is 1130. The minimum atomic E-state index is 1.25. The topological polar surface area (TPSA) is 0 Å². The van der Waals surface area contributed by atoms with Gasteiger partial charge in [0, 0.05) is 29.9 Å². The van der Waals surface area contributed by atoms with Crippen LogP contribution in [0.15, 0.2) is 36.4 Å². The number of rotatable bonds is 14. The zero-order chi connectivity index (χ0) is 23.3. The zero-order valence-corrected chi connectivity index (χ0v) is 22.8. The second-order valence-corrected chi connectivity index (χ2v) is 12.6. The Labute approximate surface area is 214 Å². The molecule has 1 aliphatic carbocycles. The molecule has 0 bridgehead atoms. The largest absolute Gasteiger partial charge is 0.140 e. The third kappa shape index (κ3) is 5.00. The Morgan fingerprint density at radius 1 is 0.500 bits per heavy atom. The second kappa shape index (κ2) is 11.4. The van der Waals surface area contributed by atoms with Gasteiger partial charge >= 0.3 is 0 Å². The quantitative estimate of drug-likeness (QED) is 0.136. The van der Waals surface area contributed by atoms with Crippen molar-refractivity contribution in [3.8, 4) is 22.3 Å². The normalized spacial score (nSPS) is 12.3. The van der Waals surface area contributed by atoms with E-state index in [1.54, 1.807) is 9.75 Å². The first kappa shape index (κ1) is 24.1. The number of fused-ring (bicyclic) bond motifs is 8. The number of thiophene rings is 2. The predicted molar refractivity (Wildman–Crippen MR) is 156 cm³/mol. The van der Waals surface area contributed by atoms with Crippen molar-refractivity contribution in [1.82, 2.24) is 0 Å². The van der Waals surface area contributed by atoms with Crippen molar-refractivity contribution < 1.29 is 0 Å². The Morgan fingerprint density at radius 2 is 0.912 bits per heavy atom. The lowest BCUT2D eigenvalue weighted by atomic mass is 9.77. The van der Waals surface area contributed by atoms with Crippen molar-refractivity contribution >= 4 is 42.8 Å². The van der Waals surface area contributed by atoms with E-state index in [0.29, 0.717) is 0 Å². The molecule has 5 rings (SSSR count). The smallest absolute Gasteiger partial charge is 0.0352 e. The minimum Gasteiger partial charge on any atom is -0.140 e. The summed E-state index contributed by atoms with van der Waals surface area (Å²) in [6, 6.07) is 14.6. The maximum Gasteiger partial charge on any atom is 0.0352 e. The summed E-state index contributed by atoms with van der Waals surface area (Å²) < 4.78 is 2.94. The average Bonchev–Trinajstić information content (AvgIpc) is 3.42.